The van der Waals surface area contributed by atoms with Crippen LogP contribution in [0.1, 0.15) is 38.5 Å². The lowest BCUT2D eigenvalue weighted by Gasteiger charge is -2.39. The highest BCUT2D eigenvalue weighted by atomic mass is 16.7. The van der Waals surface area contributed by atoms with Crippen LogP contribution in [0.5, 0.6) is 0 Å². The molecular weight excluding hydrogens is 236 g/mol. The summed E-state index contributed by atoms with van der Waals surface area (Å²) in [6.45, 7) is 0.966. The first kappa shape index (κ1) is 13.1. The Morgan fingerprint density at radius 1 is 1.17 bits per heavy atom. The van der Waals surface area contributed by atoms with Crippen LogP contribution in [0.2, 0.25) is 0 Å². The zero-order chi connectivity index (χ0) is 13.0. The van der Waals surface area contributed by atoms with Crippen LogP contribution in [0.4, 0.5) is 4.79 Å². The number of carboxylic acids is 1. The number of aliphatic carboxylic acids is 1. The van der Waals surface area contributed by atoms with Gasteiger partial charge in [0, 0.05) is 13.1 Å². The van der Waals surface area contributed by atoms with Gasteiger partial charge in [-0.25, -0.2) is 15.1 Å². The summed E-state index contributed by atoms with van der Waals surface area (Å²) in [5.74, 6) is -1.10. The predicted molar refractivity (Wildman–Crippen MR) is 63.8 cm³/mol. The molecule has 0 bridgehead atoms. The van der Waals surface area contributed by atoms with Crippen molar-refractivity contribution in [1.29, 1.82) is 0 Å². The molecule has 0 atom stereocenters. The Hall–Kier alpha value is -1.30. The van der Waals surface area contributed by atoms with Crippen molar-refractivity contribution in [3.05, 3.63) is 0 Å². The molecule has 0 aromatic rings. The first-order valence-electron chi connectivity index (χ1n) is 6.50. The van der Waals surface area contributed by atoms with Crippen LogP contribution in [-0.4, -0.2) is 41.7 Å². The number of carbonyl (C=O) groups is 2. The van der Waals surface area contributed by atoms with Gasteiger partial charge in [0.25, 0.3) is 0 Å². The fraction of sp³-hybridized carbons (Fsp3) is 0.833. The Kier molecular flexibility index (Phi) is 4.06. The van der Waals surface area contributed by atoms with Gasteiger partial charge >= 0.3 is 12.0 Å². The molecule has 1 aliphatic carbocycles. The Morgan fingerprint density at radius 2 is 1.78 bits per heavy atom. The Balaban J connectivity index is 1.72. The minimum absolute atomic E-state index is 0.330. The summed E-state index contributed by atoms with van der Waals surface area (Å²) in [6, 6.07) is -0.330. The third-order valence-electron chi connectivity index (χ3n) is 4.13. The van der Waals surface area contributed by atoms with Gasteiger partial charge in [0.05, 0.1) is 0 Å². The lowest BCUT2D eigenvalue weighted by Crippen LogP contribution is -2.47. The fourth-order valence-electron chi connectivity index (χ4n) is 3.03. The number of hydrogen-bond donors (Lipinski definition) is 2. The molecular formula is C12H20N2O4. The molecule has 2 N–H and O–H groups in total. The largest absolute Gasteiger partial charge is 0.479 e. The number of likely N-dealkylation sites (tertiary alicyclic amines) is 1. The molecule has 1 spiro atoms. The first-order chi connectivity index (χ1) is 8.61. The molecule has 2 amide bonds. The Morgan fingerprint density at radius 3 is 2.33 bits per heavy atom. The number of piperidine rings is 1. The standard InChI is InChI=1S/C12H20N2O4/c15-10(16)9-18-13-11(17)14-7-5-12(6-8-14)3-1-2-4-12/h1-9H2,(H,13,17)(H,15,16). The van der Waals surface area contributed by atoms with Gasteiger partial charge in [-0.1, -0.05) is 12.8 Å². The molecule has 2 rings (SSSR count). The van der Waals surface area contributed by atoms with Crippen molar-refractivity contribution in [2.75, 3.05) is 19.7 Å². The highest BCUT2D eigenvalue weighted by Crippen LogP contribution is 2.45. The summed E-state index contributed by atoms with van der Waals surface area (Å²) in [4.78, 5) is 28.2. The van der Waals surface area contributed by atoms with Crippen LogP contribution in [0.3, 0.4) is 0 Å². The van der Waals surface area contributed by atoms with E-state index in [-0.39, 0.29) is 6.03 Å². The van der Waals surface area contributed by atoms with Gasteiger partial charge in [-0.3, -0.25) is 4.84 Å². The number of carbonyl (C=O) groups excluding carboxylic acids is 1. The maximum Gasteiger partial charge on any atom is 0.341 e. The number of amides is 2. The quantitative estimate of drug-likeness (QED) is 0.747. The number of hydrogen-bond acceptors (Lipinski definition) is 3. The molecule has 1 aliphatic heterocycles. The van der Waals surface area contributed by atoms with Crippen molar-refractivity contribution >= 4 is 12.0 Å². The van der Waals surface area contributed by atoms with E-state index in [2.05, 4.69) is 10.3 Å². The van der Waals surface area contributed by atoms with E-state index in [0.29, 0.717) is 5.41 Å². The van der Waals surface area contributed by atoms with Crippen molar-refractivity contribution < 1.29 is 19.5 Å². The van der Waals surface area contributed by atoms with Crippen LogP contribution >= 0.6 is 0 Å². The highest BCUT2D eigenvalue weighted by Gasteiger charge is 2.37. The molecule has 6 heteroatoms. The van der Waals surface area contributed by atoms with Gasteiger partial charge in [0.1, 0.15) is 0 Å². The van der Waals surface area contributed by atoms with E-state index >= 15 is 0 Å². The Bertz CT molecular complexity index is 316. The van der Waals surface area contributed by atoms with E-state index in [4.69, 9.17) is 5.11 Å². The smallest absolute Gasteiger partial charge is 0.341 e. The van der Waals surface area contributed by atoms with E-state index in [9.17, 15) is 9.59 Å². The number of carboxylic acid groups (broad SMARTS) is 1. The molecule has 1 heterocycles. The molecule has 0 radical (unpaired) electrons. The second-order valence-electron chi connectivity index (χ2n) is 5.28. The predicted octanol–water partition coefficient (Wildman–Crippen LogP) is 1.37. The third kappa shape index (κ3) is 3.13. The van der Waals surface area contributed by atoms with Crippen molar-refractivity contribution in [1.82, 2.24) is 10.4 Å². The number of urea groups is 1. The van der Waals surface area contributed by atoms with Crippen molar-refractivity contribution in [3.63, 3.8) is 0 Å². The molecule has 6 nitrogen and oxygen atoms in total. The van der Waals surface area contributed by atoms with E-state index < -0.39 is 12.6 Å². The molecule has 102 valence electrons. The number of hydroxylamine groups is 1. The second-order valence-corrected chi connectivity index (χ2v) is 5.28. The minimum Gasteiger partial charge on any atom is -0.479 e. The summed E-state index contributed by atoms with van der Waals surface area (Å²) in [5, 5.41) is 8.39. The van der Waals surface area contributed by atoms with Crippen LogP contribution in [0, 0.1) is 5.41 Å². The van der Waals surface area contributed by atoms with Gasteiger partial charge in [0.15, 0.2) is 6.61 Å². The maximum absolute atomic E-state index is 11.7. The van der Waals surface area contributed by atoms with Gasteiger partial charge in [-0.05, 0) is 31.1 Å². The van der Waals surface area contributed by atoms with Gasteiger partial charge in [-0.2, -0.15) is 0 Å². The van der Waals surface area contributed by atoms with Gasteiger partial charge < -0.3 is 10.0 Å². The molecule has 0 unspecified atom stereocenters. The minimum atomic E-state index is -1.10. The molecule has 0 aromatic carbocycles. The van der Waals surface area contributed by atoms with E-state index in [1.54, 1.807) is 4.90 Å². The first-order valence-corrected chi connectivity index (χ1v) is 6.50. The average molecular weight is 256 g/mol. The maximum atomic E-state index is 11.7. The summed E-state index contributed by atoms with van der Waals surface area (Å²) in [5.41, 5.74) is 2.64. The monoisotopic (exact) mass is 256 g/mol. The highest BCUT2D eigenvalue weighted by molar-refractivity contribution is 5.73. The molecule has 1 saturated heterocycles. The Labute approximate surface area is 106 Å². The number of rotatable bonds is 3. The molecule has 2 aliphatic rings. The van der Waals surface area contributed by atoms with Crippen LogP contribution in [-0.2, 0) is 9.63 Å². The topological polar surface area (TPSA) is 78.9 Å². The summed E-state index contributed by atoms with van der Waals surface area (Å²) in [7, 11) is 0. The molecule has 0 aromatic heterocycles. The second kappa shape index (κ2) is 5.56. The average Bonchev–Trinajstić information content (AvgIpc) is 2.78. The normalized spacial score (nSPS) is 22.1. The van der Waals surface area contributed by atoms with Gasteiger partial charge in [-0.15, -0.1) is 0 Å². The van der Waals surface area contributed by atoms with Crippen molar-refractivity contribution in [2.24, 2.45) is 5.41 Å². The lowest BCUT2D eigenvalue weighted by atomic mass is 9.77. The summed E-state index contributed by atoms with van der Waals surface area (Å²) >= 11 is 0. The number of nitrogens with one attached hydrogen (secondary N) is 1. The summed E-state index contributed by atoms with van der Waals surface area (Å²) < 4.78 is 0. The van der Waals surface area contributed by atoms with Crippen LogP contribution in [0.25, 0.3) is 0 Å². The SMILES string of the molecule is O=C(O)CONC(=O)N1CCC2(CCCC2)CC1. The van der Waals surface area contributed by atoms with Gasteiger partial charge in [0.2, 0.25) is 0 Å². The lowest BCUT2D eigenvalue weighted by molar-refractivity contribution is -0.144. The third-order valence-corrected chi connectivity index (χ3v) is 4.13. The van der Waals surface area contributed by atoms with Crippen LogP contribution < -0.4 is 5.48 Å². The molecule has 1 saturated carbocycles. The van der Waals surface area contributed by atoms with Crippen molar-refractivity contribution in [3.8, 4) is 0 Å². The van der Waals surface area contributed by atoms with Crippen LogP contribution in [0.15, 0.2) is 0 Å². The summed E-state index contributed by atoms with van der Waals surface area (Å²) in [6.07, 6.45) is 7.32. The molecule has 2 fully saturated rings. The van der Waals surface area contributed by atoms with E-state index in [1.165, 1.54) is 25.7 Å². The van der Waals surface area contributed by atoms with E-state index in [0.717, 1.165) is 25.9 Å². The number of nitrogens with zero attached hydrogens (tertiary/aromatic N) is 1. The van der Waals surface area contributed by atoms with Crippen molar-refractivity contribution in [2.45, 2.75) is 38.5 Å². The van der Waals surface area contributed by atoms with E-state index in [1.807, 2.05) is 0 Å². The zero-order valence-electron chi connectivity index (χ0n) is 10.5. The fourth-order valence-corrected chi connectivity index (χ4v) is 3.03. The zero-order valence-corrected chi connectivity index (χ0v) is 10.5. The molecule has 18 heavy (non-hydrogen) atoms.